The summed E-state index contributed by atoms with van der Waals surface area (Å²) in [5.74, 6) is 0.0109. The van der Waals surface area contributed by atoms with Crippen molar-refractivity contribution >= 4 is 35.3 Å². The fraction of sp³-hybridized carbons (Fsp3) is 0.318. The van der Waals surface area contributed by atoms with Gasteiger partial charge in [0.25, 0.3) is 0 Å². The number of nitrogens with zero attached hydrogens (tertiary/aromatic N) is 2. The monoisotopic (exact) mass is 413 g/mol. The molecule has 0 aliphatic carbocycles. The van der Waals surface area contributed by atoms with Crippen molar-refractivity contribution in [3.63, 3.8) is 0 Å². The van der Waals surface area contributed by atoms with Crippen molar-refractivity contribution in [2.45, 2.75) is 26.2 Å². The maximum Gasteiger partial charge on any atom is 0.245 e. The van der Waals surface area contributed by atoms with Crippen LogP contribution in [-0.4, -0.2) is 31.2 Å². The third-order valence-corrected chi connectivity index (χ3v) is 4.92. The highest BCUT2D eigenvalue weighted by Crippen LogP contribution is 2.26. The van der Waals surface area contributed by atoms with Crippen LogP contribution in [0.5, 0.6) is 5.75 Å². The fourth-order valence-electron chi connectivity index (χ4n) is 3.00. The lowest BCUT2D eigenvalue weighted by molar-refractivity contribution is -0.126. The predicted molar refractivity (Wildman–Crippen MR) is 114 cm³/mol. The molecule has 1 atom stereocenters. The average molecular weight is 414 g/mol. The summed E-state index contributed by atoms with van der Waals surface area (Å²) >= 11 is 5.89. The molecule has 1 fully saturated rings. The van der Waals surface area contributed by atoms with Gasteiger partial charge in [0.2, 0.25) is 11.8 Å². The van der Waals surface area contributed by atoms with E-state index in [2.05, 4.69) is 17.5 Å². The molecule has 1 aliphatic heterocycles. The van der Waals surface area contributed by atoms with Crippen LogP contribution in [0.25, 0.3) is 0 Å². The van der Waals surface area contributed by atoms with Crippen LogP contribution in [-0.2, 0) is 9.59 Å². The molecule has 2 aromatic carbocycles. The summed E-state index contributed by atoms with van der Waals surface area (Å²) in [5.41, 5.74) is 4.11. The molecule has 6 nitrogen and oxygen atoms in total. The third kappa shape index (κ3) is 5.81. The number of ether oxygens (including phenoxy) is 1. The Bertz CT molecular complexity index is 866. The van der Waals surface area contributed by atoms with Gasteiger partial charge in [-0.3, -0.25) is 9.59 Å². The Balaban J connectivity index is 1.50. The number of rotatable bonds is 8. The lowest BCUT2D eigenvalue weighted by Crippen LogP contribution is -2.30. The van der Waals surface area contributed by atoms with E-state index in [-0.39, 0.29) is 18.2 Å². The molecule has 1 N–H and O–H groups in total. The molecule has 0 bridgehead atoms. The van der Waals surface area contributed by atoms with Gasteiger partial charge in [0, 0.05) is 23.7 Å². The first kappa shape index (κ1) is 20.9. The maximum absolute atomic E-state index is 12.4. The van der Waals surface area contributed by atoms with Crippen molar-refractivity contribution < 1.29 is 14.3 Å². The number of hydrogen-bond acceptors (Lipinski definition) is 4. The molecule has 0 aromatic heterocycles. The second-order valence-electron chi connectivity index (χ2n) is 6.89. The molecule has 1 saturated heterocycles. The summed E-state index contributed by atoms with van der Waals surface area (Å²) in [6, 6.07) is 14.5. The van der Waals surface area contributed by atoms with Gasteiger partial charge in [-0.25, -0.2) is 5.43 Å². The molecular formula is C22H24ClN3O3. The summed E-state index contributed by atoms with van der Waals surface area (Å²) in [6.45, 7) is 3.15. The highest BCUT2D eigenvalue weighted by atomic mass is 35.5. The van der Waals surface area contributed by atoms with E-state index < -0.39 is 5.92 Å². The van der Waals surface area contributed by atoms with Crippen LogP contribution in [0.1, 0.15) is 31.7 Å². The second kappa shape index (κ2) is 10.1. The van der Waals surface area contributed by atoms with Gasteiger partial charge in [0.15, 0.2) is 0 Å². The molecule has 2 aromatic rings. The van der Waals surface area contributed by atoms with Crippen LogP contribution in [0.2, 0.25) is 5.02 Å². The number of nitrogens with one attached hydrogen (secondary N) is 1. The number of carbonyl (C=O) groups is 2. The van der Waals surface area contributed by atoms with Gasteiger partial charge in [-0.15, -0.1) is 0 Å². The van der Waals surface area contributed by atoms with Crippen molar-refractivity contribution in [1.29, 1.82) is 0 Å². The molecule has 1 aliphatic rings. The molecular weight excluding hydrogens is 390 g/mol. The number of hydrazone groups is 1. The molecule has 2 amide bonds. The largest absolute Gasteiger partial charge is 0.494 e. The Labute approximate surface area is 175 Å². The van der Waals surface area contributed by atoms with Gasteiger partial charge in [0.1, 0.15) is 5.75 Å². The molecule has 7 heteroatoms. The van der Waals surface area contributed by atoms with Crippen LogP contribution in [0.4, 0.5) is 5.69 Å². The molecule has 0 spiro atoms. The van der Waals surface area contributed by atoms with Crippen molar-refractivity contribution in [3.05, 3.63) is 59.1 Å². The van der Waals surface area contributed by atoms with Gasteiger partial charge in [-0.2, -0.15) is 5.10 Å². The van der Waals surface area contributed by atoms with E-state index in [0.29, 0.717) is 18.2 Å². The lowest BCUT2D eigenvalue weighted by atomic mass is 10.1. The smallest absolute Gasteiger partial charge is 0.245 e. The Morgan fingerprint density at radius 1 is 1.24 bits per heavy atom. The maximum atomic E-state index is 12.4. The minimum absolute atomic E-state index is 0.0879. The Kier molecular flexibility index (Phi) is 7.25. The molecule has 3 rings (SSSR count). The van der Waals surface area contributed by atoms with Crippen LogP contribution < -0.4 is 15.1 Å². The van der Waals surface area contributed by atoms with Crippen molar-refractivity contribution in [3.8, 4) is 5.75 Å². The average Bonchev–Trinajstić information content (AvgIpc) is 3.12. The SMILES string of the molecule is CCCCOc1ccc(/C=N\NC(=O)[C@@H]2CC(=O)N(c3ccc(Cl)cc3)C2)cc1. The number of unbranched alkanes of at least 4 members (excludes halogenated alkanes) is 1. The molecule has 0 saturated carbocycles. The van der Waals surface area contributed by atoms with Gasteiger partial charge < -0.3 is 9.64 Å². The zero-order valence-corrected chi connectivity index (χ0v) is 17.1. The number of carbonyl (C=O) groups excluding carboxylic acids is 2. The molecule has 0 unspecified atom stereocenters. The van der Waals surface area contributed by atoms with E-state index in [9.17, 15) is 9.59 Å². The normalized spacial score (nSPS) is 16.4. The molecule has 1 heterocycles. The molecule has 0 radical (unpaired) electrons. The quantitative estimate of drug-likeness (QED) is 0.403. The zero-order chi connectivity index (χ0) is 20.6. The minimum Gasteiger partial charge on any atom is -0.494 e. The van der Waals surface area contributed by atoms with Crippen LogP contribution in [0.3, 0.4) is 0 Å². The summed E-state index contributed by atoms with van der Waals surface area (Å²) in [5, 5.41) is 4.61. The van der Waals surface area contributed by atoms with E-state index in [1.54, 1.807) is 35.4 Å². The first-order valence-corrected chi connectivity index (χ1v) is 10.1. The van der Waals surface area contributed by atoms with Crippen LogP contribution in [0.15, 0.2) is 53.6 Å². The van der Waals surface area contributed by atoms with Gasteiger partial charge in [0.05, 0.1) is 18.7 Å². The van der Waals surface area contributed by atoms with E-state index in [1.165, 1.54) is 0 Å². The summed E-state index contributed by atoms with van der Waals surface area (Å²) in [4.78, 5) is 26.2. The van der Waals surface area contributed by atoms with Gasteiger partial charge in [-0.1, -0.05) is 24.9 Å². The van der Waals surface area contributed by atoms with Crippen molar-refractivity contribution in [2.75, 3.05) is 18.1 Å². The van der Waals surface area contributed by atoms with Crippen LogP contribution >= 0.6 is 11.6 Å². The van der Waals surface area contributed by atoms with E-state index in [0.717, 1.165) is 29.8 Å². The minimum atomic E-state index is -0.440. The topological polar surface area (TPSA) is 71.0 Å². The first-order chi connectivity index (χ1) is 14.1. The fourth-order valence-corrected chi connectivity index (χ4v) is 3.13. The Morgan fingerprint density at radius 3 is 2.66 bits per heavy atom. The van der Waals surface area contributed by atoms with E-state index in [1.807, 2.05) is 24.3 Å². The van der Waals surface area contributed by atoms with Gasteiger partial charge >= 0.3 is 0 Å². The summed E-state index contributed by atoms with van der Waals surface area (Å²) in [7, 11) is 0. The molecule has 29 heavy (non-hydrogen) atoms. The molecule has 152 valence electrons. The first-order valence-electron chi connectivity index (χ1n) is 9.68. The van der Waals surface area contributed by atoms with Crippen molar-refractivity contribution in [1.82, 2.24) is 5.43 Å². The van der Waals surface area contributed by atoms with Crippen molar-refractivity contribution in [2.24, 2.45) is 11.0 Å². The number of halogens is 1. The highest BCUT2D eigenvalue weighted by Gasteiger charge is 2.35. The summed E-state index contributed by atoms with van der Waals surface area (Å²) < 4.78 is 5.62. The highest BCUT2D eigenvalue weighted by molar-refractivity contribution is 6.30. The zero-order valence-electron chi connectivity index (χ0n) is 16.3. The standard InChI is InChI=1S/C22H24ClN3O3/c1-2-3-12-29-20-10-4-16(5-11-20)14-24-25-22(28)17-13-21(27)26(15-17)19-8-6-18(23)7-9-19/h4-11,14,17H,2-3,12-13,15H2,1H3,(H,25,28)/b24-14-/t17-/m1/s1. The number of amides is 2. The Hall–Kier alpha value is -2.86. The van der Waals surface area contributed by atoms with Gasteiger partial charge in [-0.05, 0) is 60.5 Å². The predicted octanol–water partition coefficient (Wildman–Crippen LogP) is 4.02. The summed E-state index contributed by atoms with van der Waals surface area (Å²) in [6.07, 6.45) is 3.85. The number of hydrogen-bond donors (Lipinski definition) is 1. The third-order valence-electron chi connectivity index (χ3n) is 4.67. The van der Waals surface area contributed by atoms with E-state index in [4.69, 9.17) is 16.3 Å². The van der Waals surface area contributed by atoms with E-state index >= 15 is 0 Å². The number of anilines is 1. The second-order valence-corrected chi connectivity index (χ2v) is 7.32. The lowest BCUT2D eigenvalue weighted by Gasteiger charge is -2.16. The Morgan fingerprint density at radius 2 is 1.97 bits per heavy atom. The number of benzene rings is 2. The van der Waals surface area contributed by atoms with Crippen LogP contribution in [0, 0.1) is 5.92 Å².